The first-order valence-corrected chi connectivity index (χ1v) is 68.4. The molecule has 0 saturated carbocycles. The van der Waals surface area contributed by atoms with Gasteiger partial charge in [0.2, 0.25) is 0 Å². The number of carbonyl (C=O) groups excluding carboxylic acids is 8. The minimum atomic E-state index is -0.264. The monoisotopic (exact) mass is 2230 g/mol. The second-order valence-electron chi connectivity index (χ2n) is 40.8. The second-order valence-corrected chi connectivity index (χ2v) is 59.9. The Kier molecular flexibility index (Phi) is 94.3. The zero-order valence-corrected chi connectivity index (χ0v) is 104. The van der Waals surface area contributed by atoms with E-state index in [0.29, 0.717) is 92.1 Å². The molecule has 0 rings (SSSR count). The van der Waals surface area contributed by atoms with Gasteiger partial charge in [0.15, 0.2) is 0 Å². The van der Waals surface area contributed by atoms with Crippen LogP contribution in [-0.4, -0.2) is 283 Å². The second kappa shape index (κ2) is 94.4. The number of nitrogens with zero attached hydrogens (tertiary/aromatic N) is 3. The van der Waals surface area contributed by atoms with Gasteiger partial charge in [-0.3, -0.25) is 38.4 Å². The van der Waals surface area contributed by atoms with Crippen LogP contribution in [0.5, 0.6) is 0 Å². The number of ether oxygens (including phenoxy) is 8. The van der Waals surface area contributed by atoms with Crippen LogP contribution in [0.25, 0.3) is 0 Å². The molecule has 142 heavy (non-hydrogen) atoms. The van der Waals surface area contributed by atoms with E-state index in [-0.39, 0.29) is 113 Å². The normalized spacial score (nSPS) is 13.9. The van der Waals surface area contributed by atoms with E-state index in [9.17, 15) is 38.4 Å². The van der Waals surface area contributed by atoms with Gasteiger partial charge in [0, 0.05) is 49.2 Å². The number of hydrogen-bond donors (Lipinski definition) is 0. The summed E-state index contributed by atoms with van der Waals surface area (Å²) >= 11 is 22.4. The topological polar surface area (TPSA) is 220 Å². The van der Waals surface area contributed by atoms with E-state index in [2.05, 4.69) is 133 Å². The lowest BCUT2D eigenvalue weighted by Crippen LogP contribution is -2.34. The van der Waals surface area contributed by atoms with Crippen molar-refractivity contribution in [3.63, 3.8) is 0 Å². The van der Waals surface area contributed by atoms with E-state index in [4.69, 9.17) is 37.9 Å². The highest BCUT2D eigenvalue weighted by Gasteiger charge is 2.28. The van der Waals surface area contributed by atoms with Crippen molar-refractivity contribution >= 4 is 189 Å². The van der Waals surface area contributed by atoms with Gasteiger partial charge in [-0.1, -0.05) is 186 Å². The van der Waals surface area contributed by atoms with Gasteiger partial charge in [-0.15, -0.1) is 94.1 Å². The third-order valence-corrected chi connectivity index (χ3v) is 42.7. The Bertz CT molecular complexity index is 2690. The van der Waals surface area contributed by atoms with Crippen molar-refractivity contribution in [1.82, 2.24) is 14.7 Å². The standard InChI is InChI=1S/C111H211N3O16S12/c1-22-30-34-52-96(48-26-5)88-131-84-92(9)104(119)127-72-44-80-139-108(13,14)135-76-40-68-123-100(115)56-64-113(65-57-101(116)124-69-41-77-136-109(15,16)140-81-45-73-128-105(120)93(10)85-132-89-97(49-27-6)53-35-31-23-2)62-38-60-112(21)61-39-63-114(66-58-102(117)125-70-42-78-137-110(17,18)141-82-46-74-129-106(121)94(11)86-133-90-98(50-28-7)54-36-32-24-3)67-59-103(118)126-71-43-79-138-111(19,20)142-83-47-75-130-107(122)95(12)87-134-91-99(51-29-8)55-37-33-25-4/h92-99H,22-91H2,1-21H3. The van der Waals surface area contributed by atoms with Crippen LogP contribution in [-0.2, 0) is 76.3 Å². The lowest BCUT2D eigenvalue weighted by Gasteiger charge is -2.25. The third kappa shape index (κ3) is 87.2. The van der Waals surface area contributed by atoms with Gasteiger partial charge < -0.3 is 52.6 Å². The highest BCUT2D eigenvalue weighted by molar-refractivity contribution is 8.19. The van der Waals surface area contributed by atoms with Gasteiger partial charge in [-0.25, -0.2) is 0 Å². The summed E-state index contributed by atoms with van der Waals surface area (Å²) in [7, 11) is 2.10. The minimum absolute atomic E-state index is 0.0608. The number of thioether (sulfide) groups is 12. The van der Waals surface area contributed by atoms with E-state index < -0.39 is 0 Å². The predicted octanol–water partition coefficient (Wildman–Crippen LogP) is 29.6. The lowest BCUT2D eigenvalue weighted by atomic mass is 9.98. The molecule has 0 fully saturated rings. The lowest BCUT2D eigenvalue weighted by molar-refractivity contribution is -0.147. The number of hydrogen-bond acceptors (Lipinski definition) is 31. The molecule has 0 heterocycles. The van der Waals surface area contributed by atoms with Crippen molar-refractivity contribution in [3.8, 4) is 0 Å². The summed E-state index contributed by atoms with van der Waals surface area (Å²) in [5.74, 6) is 15.5. The molecule has 0 radical (unpaired) electrons. The number of carbonyl (C=O) groups is 8. The Balaban J connectivity index is 5.93. The Morgan fingerprint density at radius 2 is 0.415 bits per heavy atom. The first kappa shape index (κ1) is 142. The van der Waals surface area contributed by atoms with Crippen LogP contribution < -0.4 is 0 Å². The van der Waals surface area contributed by atoms with Crippen LogP contribution in [0.4, 0.5) is 0 Å². The van der Waals surface area contributed by atoms with E-state index in [1.165, 1.54) is 154 Å². The molecule has 19 nitrogen and oxygen atoms in total. The Labute approximate surface area is 922 Å². The Morgan fingerprint density at radius 1 is 0.225 bits per heavy atom. The van der Waals surface area contributed by atoms with Crippen molar-refractivity contribution in [3.05, 3.63) is 0 Å². The SMILES string of the molecule is CCCCCC(CCC)CSCC(C)C(=O)OCCCSC(C)(C)SCCCOC(=O)CCN(CCCN(C)CCCN(CCC(=O)OCCCSC(C)(C)SCCCOC(=O)C(C)CSCC(CCC)CCCCC)CCC(=O)OCCCSC(C)(C)SCCCOC(=O)C(C)CSCC(CCC)CCCCC)CCC(=O)OCCCSC(C)(C)SCCCOC(=O)C(C)CSCC(CCC)CCCCC. The maximum Gasteiger partial charge on any atom is 0.309 e. The zero-order valence-electron chi connectivity index (χ0n) is 93.9. The van der Waals surface area contributed by atoms with Crippen LogP contribution in [0.2, 0.25) is 0 Å². The van der Waals surface area contributed by atoms with E-state index in [1.807, 2.05) is 169 Å². The summed E-state index contributed by atoms with van der Waals surface area (Å²) in [5, 5.41) is 0. The molecule has 0 aliphatic heterocycles. The molecule has 0 amide bonds. The van der Waals surface area contributed by atoms with Gasteiger partial charge in [-0.05, 0) is 297 Å². The minimum Gasteiger partial charge on any atom is -0.466 e. The fourth-order valence-corrected chi connectivity index (χ4v) is 30.4. The van der Waals surface area contributed by atoms with Gasteiger partial charge in [0.05, 0.1) is 119 Å². The molecular weight excluding hydrogens is 2020 g/mol. The molecule has 0 aliphatic carbocycles. The first-order valence-electron chi connectivity index (χ1n) is 55.9. The van der Waals surface area contributed by atoms with Gasteiger partial charge in [0.1, 0.15) is 0 Å². The fourth-order valence-electron chi connectivity index (χ4n) is 15.9. The molecule has 8 unspecified atom stereocenters. The maximum atomic E-state index is 13.4. The third-order valence-electron chi connectivity index (χ3n) is 24.6. The summed E-state index contributed by atoms with van der Waals surface area (Å²) in [6.45, 7) is 51.4. The molecule has 8 atom stereocenters. The molecule has 0 aromatic carbocycles. The molecular formula is C111H211N3O16S12. The number of rotatable bonds is 104. The van der Waals surface area contributed by atoms with E-state index in [0.717, 1.165) is 193 Å². The molecule has 31 heteroatoms. The van der Waals surface area contributed by atoms with Crippen molar-refractivity contribution in [2.75, 3.05) is 204 Å². The van der Waals surface area contributed by atoms with Crippen molar-refractivity contribution in [2.45, 2.75) is 399 Å². The van der Waals surface area contributed by atoms with Crippen LogP contribution in [0.15, 0.2) is 0 Å². The predicted molar refractivity (Wildman–Crippen MR) is 635 cm³/mol. The first-order chi connectivity index (χ1) is 68.0. The summed E-state index contributed by atoms with van der Waals surface area (Å²) in [6, 6.07) is 0. The number of esters is 8. The van der Waals surface area contributed by atoms with Crippen molar-refractivity contribution in [1.29, 1.82) is 0 Å². The summed E-state index contributed by atoms with van der Waals surface area (Å²) in [4.78, 5) is 112. The van der Waals surface area contributed by atoms with Crippen LogP contribution in [0.1, 0.15) is 382 Å². The molecule has 0 N–H and O–H groups in total. The number of unbranched alkanes of at least 4 members (excludes halogenated alkanes) is 8. The van der Waals surface area contributed by atoms with Gasteiger partial charge in [0.25, 0.3) is 0 Å². The summed E-state index contributed by atoms with van der Waals surface area (Å²) in [6.07, 6.45) is 38.7. The van der Waals surface area contributed by atoms with Crippen molar-refractivity contribution < 1.29 is 76.3 Å². The largest absolute Gasteiger partial charge is 0.466 e. The molecule has 0 spiro atoms. The average Bonchev–Trinajstić information content (AvgIpc) is 0.941. The molecule has 838 valence electrons. The van der Waals surface area contributed by atoms with Crippen LogP contribution in [0.3, 0.4) is 0 Å². The quantitative estimate of drug-likeness (QED) is 0.0239. The average molecular weight is 2230 g/mol. The zero-order chi connectivity index (χ0) is 106. The van der Waals surface area contributed by atoms with Gasteiger partial charge in [-0.2, -0.15) is 47.0 Å². The maximum absolute atomic E-state index is 13.4. The fraction of sp³-hybridized carbons (Fsp3) is 0.928. The summed E-state index contributed by atoms with van der Waals surface area (Å²) < 4.78 is 46.0. The molecule has 0 saturated heterocycles. The van der Waals surface area contributed by atoms with E-state index >= 15 is 0 Å². The Hall–Kier alpha value is -0.160. The smallest absolute Gasteiger partial charge is 0.309 e. The van der Waals surface area contributed by atoms with Crippen LogP contribution in [0, 0.1) is 47.3 Å². The molecule has 0 aliphatic rings. The Morgan fingerprint density at radius 3 is 0.599 bits per heavy atom. The summed E-state index contributed by atoms with van der Waals surface area (Å²) in [5.41, 5.74) is 0. The highest BCUT2D eigenvalue weighted by Crippen LogP contribution is 2.41. The van der Waals surface area contributed by atoms with Crippen LogP contribution >= 0.6 is 141 Å². The highest BCUT2D eigenvalue weighted by atomic mass is 32.2. The van der Waals surface area contributed by atoms with Crippen molar-refractivity contribution in [2.24, 2.45) is 47.3 Å². The van der Waals surface area contributed by atoms with Gasteiger partial charge >= 0.3 is 47.8 Å². The molecule has 0 aromatic rings. The van der Waals surface area contributed by atoms with E-state index in [1.54, 1.807) is 0 Å². The molecule has 0 aromatic heterocycles. The molecule has 0 bridgehead atoms.